The molecule has 0 aliphatic rings. The Morgan fingerprint density at radius 1 is 1.05 bits per heavy atom. The van der Waals surface area contributed by atoms with Crippen molar-refractivity contribution in [1.82, 2.24) is 5.32 Å². The Balaban J connectivity index is 2.22. The Morgan fingerprint density at radius 2 is 1.79 bits per heavy atom. The smallest absolute Gasteiger partial charge is 0.123 e. The van der Waals surface area contributed by atoms with Crippen molar-refractivity contribution in [3.63, 3.8) is 0 Å². The Bertz CT molecular complexity index is 358. The average molecular weight is 265 g/mol. The zero-order chi connectivity index (χ0) is 14.1. The fourth-order valence-corrected chi connectivity index (χ4v) is 1.67. The largest absolute Gasteiger partial charge is 0.491 e. The van der Waals surface area contributed by atoms with Gasteiger partial charge in [-0.1, -0.05) is 39.0 Å². The van der Waals surface area contributed by atoms with E-state index >= 15 is 0 Å². The van der Waals surface area contributed by atoms with Crippen LogP contribution in [0.25, 0.3) is 0 Å². The molecule has 3 heteroatoms. The van der Waals surface area contributed by atoms with Gasteiger partial charge in [0.05, 0.1) is 6.61 Å². The van der Waals surface area contributed by atoms with Crippen LogP contribution in [0, 0.1) is 5.41 Å². The summed E-state index contributed by atoms with van der Waals surface area (Å²) in [5.74, 6) is 0.941. The molecule has 1 aromatic carbocycles. The third-order valence-corrected chi connectivity index (χ3v) is 2.82. The molecule has 0 aliphatic heterocycles. The molecule has 0 bridgehead atoms. The van der Waals surface area contributed by atoms with Crippen molar-refractivity contribution >= 4 is 0 Å². The van der Waals surface area contributed by atoms with Crippen LogP contribution in [0.1, 0.15) is 32.8 Å². The predicted molar refractivity (Wildman–Crippen MR) is 79.6 cm³/mol. The molecular weight excluding hydrogens is 238 g/mol. The molecule has 0 amide bonds. The Morgan fingerprint density at radius 3 is 2.47 bits per heavy atom. The molecule has 0 aromatic heterocycles. The number of ether oxygens (including phenoxy) is 2. The minimum Gasteiger partial charge on any atom is -0.491 e. The lowest BCUT2D eigenvalue weighted by atomic mass is 9.93. The van der Waals surface area contributed by atoms with Crippen LogP contribution < -0.4 is 10.1 Å². The van der Waals surface area contributed by atoms with Crippen molar-refractivity contribution in [1.29, 1.82) is 0 Å². The third kappa shape index (κ3) is 7.19. The van der Waals surface area contributed by atoms with Crippen molar-refractivity contribution in [2.24, 2.45) is 5.41 Å². The molecule has 0 atom stereocenters. The van der Waals surface area contributed by atoms with Crippen molar-refractivity contribution < 1.29 is 9.47 Å². The second-order valence-electron chi connectivity index (χ2n) is 5.91. The summed E-state index contributed by atoms with van der Waals surface area (Å²) in [5.41, 5.74) is 1.51. The van der Waals surface area contributed by atoms with E-state index in [-0.39, 0.29) is 0 Å². The Hall–Kier alpha value is -1.06. The third-order valence-electron chi connectivity index (χ3n) is 2.82. The highest BCUT2D eigenvalue weighted by Gasteiger charge is 2.09. The van der Waals surface area contributed by atoms with Crippen LogP contribution in [0.5, 0.6) is 5.75 Å². The minimum atomic E-state index is 0.334. The molecule has 0 spiro atoms. The fourth-order valence-electron chi connectivity index (χ4n) is 1.67. The monoisotopic (exact) mass is 265 g/mol. The fraction of sp³-hybridized carbons (Fsp3) is 0.625. The number of para-hydroxylation sites is 1. The molecule has 0 saturated carbocycles. The first-order valence-electron chi connectivity index (χ1n) is 6.96. The number of nitrogens with one attached hydrogen (secondary N) is 1. The van der Waals surface area contributed by atoms with Gasteiger partial charge in [0.1, 0.15) is 12.4 Å². The van der Waals surface area contributed by atoms with E-state index in [9.17, 15) is 0 Å². The number of hydrogen-bond acceptors (Lipinski definition) is 3. The highest BCUT2D eigenvalue weighted by Crippen LogP contribution is 2.18. The van der Waals surface area contributed by atoms with Gasteiger partial charge in [-0.2, -0.15) is 0 Å². The maximum absolute atomic E-state index is 5.76. The molecule has 3 nitrogen and oxygen atoms in total. The molecule has 0 unspecified atom stereocenters. The van der Waals surface area contributed by atoms with E-state index in [2.05, 4.69) is 32.2 Å². The van der Waals surface area contributed by atoms with Crippen LogP contribution in [0.2, 0.25) is 0 Å². The highest BCUT2D eigenvalue weighted by molar-refractivity contribution is 5.33. The minimum absolute atomic E-state index is 0.334. The highest BCUT2D eigenvalue weighted by atomic mass is 16.5. The van der Waals surface area contributed by atoms with Crippen molar-refractivity contribution in [3.05, 3.63) is 29.8 Å². The topological polar surface area (TPSA) is 30.5 Å². The molecule has 19 heavy (non-hydrogen) atoms. The van der Waals surface area contributed by atoms with Crippen LogP contribution in [-0.2, 0) is 11.3 Å². The second-order valence-corrected chi connectivity index (χ2v) is 5.91. The molecule has 0 aliphatic carbocycles. The molecule has 0 fully saturated rings. The maximum Gasteiger partial charge on any atom is 0.123 e. The zero-order valence-electron chi connectivity index (χ0n) is 12.7. The van der Waals surface area contributed by atoms with Gasteiger partial charge in [-0.05, 0) is 24.9 Å². The van der Waals surface area contributed by atoms with Crippen LogP contribution in [0.3, 0.4) is 0 Å². The first-order valence-corrected chi connectivity index (χ1v) is 6.96. The summed E-state index contributed by atoms with van der Waals surface area (Å²) in [5, 5.41) is 3.14. The first kappa shape index (κ1) is 16.0. The van der Waals surface area contributed by atoms with Crippen LogP contribution in [0.15, 0.2) is 24.3 Å². The van der Waals surface area contributed by atoms with E-state index in [1.54, 1.807) is 0 Å². The first-order chi connectivity index (χ1) is 9.03. The van der Waals surface area contributed by atoms with Gasteiger partial charge in [0.15, 0.2) is 0 Å². The summed E-state index contributed by atoms with van der Waals surface area (Å²) >= 11 is 0. The van der Waals surface area contributed by atoms with Gasteiger partial charge >= 0.3 is 0 Å². The van der Waals surface area contributed by atoms with Gasteiger partial charge in [0.2, 0.25) is 0 Å². The van der Waals surface area contributed by atoms with E-state index in [4.69, 9.17) is 9.47 Å². The Kier molecular flexibility index (Phi) is 6.89. The van der Waals surface area contributed by atoms with E-state index in [1.807, 2.05) is 25.2 Å². The maximum atomic E-state index is 5.76. The summed E-state index contributed by atoms with van der Waals surface area (Å²) in [6.07, 6.45) is 1.07. The lowest BCUT2D eigenvalue weighted by Crippen LogP contribution is -2.14. The number of rotatable bonds is 8. The molecule has 1 N–H and O–H groups in total. The summed E-state index contributed by atoms with van der Waals surface area (Å²) in [6.45, 7) is 9.53. The standard InChI is InChI=1S/C16H27NO2/c1-16(2,3)9-10-18-11-12-19-15-8-6-5-7-14(15)13-17-4/h5-8,17H,9-13H2,1-4H3. The molecule has 0 radical (unpaired) electrons. The van der Waals surface area contributed by atoms with Gasteiger partial charge in [-0.15, -0.1) is 0 Å². The summed E-state index contributed by atoms with van der Waals surface area (Å²) in [6, 6.07) is 8.10. The van der Waals surface area contributed by atoms with Crippen LogP contribution in [0.4, 0.5) is 0 Å². The quantitative estimate of drug-likeness (QED) is 0.732. The molecule has 0 saturated heterocycles. The summed E-state index contributed by atoms with van der Waals surface area (Å²) in [7, 11) is 1.94. The van der Waals surface area contributed by atoms with Gasteiger partial charge in [-0.25, -0.2) is 0 Å². The van der Waals surface area contributed by atoms with E-state index in [1.165, 1.54) is 5.56 Å². The van der Waals surface area contributed by atoms with Crippen molar-refractivity contribution in [2.45, 2.75) is 33.7 Å². The van der Waals surface area contributed by atoms with Crippen LogP contribution in [-0.4, -0.2) is 26.9 Å². The average Bonchev–Trinajstić information content (AvgIpc) is 2.34. The van der Waals surface area contributed by atoms with Crippen molar-refractivity contribution in [3.8, 4) is 5.75 Å². The van der Waals surface area contributed by atoms with Gasteiger partial charge in [0, 0.05) is 18.7 Å². The zero-order valence-corrected chi connectivity index (χ0v) is 12.7. The van der Waals surface area contributed by atoms with E-state index < -0.39 is 0 Å². The van der Waals surface area contributed by atoms with Gasteiger partial charge < -0.3 is 14.8 Å². The molecule has 1 aromatic rings. The molecule has 108 valence electrons. The summed E-state index contributed by atoms with van der Waals surface area (Å²) < 4.78 is 11.3. The van der Waals surface area contributed by atoms with Crippen LogP contribution >= 0.6 is 0 Å². The normalized spacial score (nSPS) is 11.6. The van der Waals surface area contributed by atoms with E-state index in [0.717, 1.165) is 25.3 Å². The van der Waals surface area contributed by atoms with Crippen molar-refractivity contribution in [2.75, 3.05) is 26.9 Å². The predicted octanol–water partition coefficient (Wildman–Crippen LogP) is 3.24. The van der Waals surface area contributed by atoms with Gasteiger partial charge in [0.25, 0.3) is 0 Å². The second kappa shape index (κ2) is 8.18. The Labute approximate surface area is 117 Å². The van der Waals surface area contributed by atoms with Gasteiger partial charge in [-0.3, -0.25) is 0 Å². The molecular formula is C16H27NO2. The SMILES string of the molecule is CNCc1ccccc1OCCOCCC(C)(C)C. The number of benzene rings is 1. The lowest BCUT2D eigenvalue weighted by Gasteiger charge is -2.17. The molecule has 0 heterocycles. The lowest BCUT2D eigenvalue weighted by molar-refractivity contribution is 0.0816. The summed E-state index contributed by atoms with van der Waals surface area (Å²) in [4.78, 5) is 0. The van der Waals surface area contributed by atoms with E-state index in [0.29, 0.717) is 18.6 Å². The number of hydrogen-bond donors (Lipinski definition) is 1. The molecule has 1 rings (SSSR count).